The third kappa shape index (κ3) is 3.64. The van der Waals surface area contributed by atoms with Crippen molar-refractivity contribution in [1.29, 1.82) is 0 Å². The zero-order valence-corrected chi connectivity index (χ0v) is 16.8. The number of nitrogens with one attached hydrogen (secondary N) is 2. The number of rotatable bonds is 5. The number of ether oxygens (including phenoxy) is 2. The first-order chi connectivity index (χ1) is 13.9. The maximum absolute atomic E-state index is 13.5. The maximum Gasteiger partial charge on any atom is 0.246 e. The van der Waals surface area contributed by atoms with E-state index >= 15 is 0 Å². The Labute approximate surface area is 168 Å². The molecule has 0 spiro atoms. The number of fused-ring (bicyclic) bond motifs is 1. The van der Waals surface area contributed by atoms with Crippen molar-refractivity contribution in [3.05, 3.63) is 29.7 Å². The predicted octanol–water partition coefficient (Wildman–Crippen LogP) is 2.73. The first kappa shape index (κ1) is 19.2. The molecular weight excluding hydrogens is 377 g/mol. The van der Waals surface area contributed by atoms with Crippen molar-refractivity contribution in [2.24, 2.45) is 0 Å². The molecule has 1 aromatic carbocycles. The van der Waals surface area contributed by atoms with Gasteiger partial charge in [0.2, 0.25) is 11.9 Å². The van der Waals surface area contributed by atoms with E-state index in [0.717, 1.165) is 18.5 Å². The van der Waals surface area contributed by atoms with Crippen LogP contribution in [0.15, 0.2) is 18.2 Å². The van der Waals surface area contributed by atoms with Crippen LogP contribution in [0.4, 0.5) is 21.8 Å². The minimum Gasteiger partial charge on any atom is -0.494 e. The van der Waals surface area contributed by atoms with E-state index < -0.39 is 5.82 Å². The van der Waals surface area contributed by atoms with Gasteiger partial charge in [-0.05, 0) is 26.0 Å². The summed E-state index contributed by atoms with van der Waals surface area (Å²) >= 11 is 0. The van der Waals surface area contributed by atoms with Crippen LogP contribution in [-0.4, -0.2) is 48.2 Å². The van der Waals surface area contributed by atoms with Crippen molar-refractivity contribution in [3.8, 4) is 11.5 Å². The summed E-state index contributed by atoms with van der Waals surface area (Å²) in [6.45, 7) is 3.69. The SMILES string of the molecule is COc1cc(O[C@H]2C[C@H](Nc3nc(C)c4c(n3)N(C)[C@@H](C)C(=O)N4)C2)ccc1F. The fourth-order valence-corrected chi connectivity index (χ4v) is 3.48. The summed E-state index contributed by atoms with van der Waals surface area (Å²) in [6, 6.07) is 4.37. The van der Waals surface area contributed by atoms with Gasteiger partial charge in [-0.2, -0.15) is 4.98 Å². The summed E-state index contributed by atoms with van der Waals surface area (Å²) in [5, 5.41) is 6.21. The molecule has 0 saturated heterocycles. The molecule has 0 unspecified atom stereocenters. The number of halogens is 1. The van der Waals surface area contributed by atoms with Gasteiger partial charge in [-0.15, -0.1) is 0 Å². The zero-order valence-electron chi connectivity index (χ0n) is 16.8. The van der Waals surface area contributed by atoms with Crippen molar-refractivity contribution in [1.82, 2.24) is 9.97 Å². The molecule has 0 radical (unpaired) electrons. The third-order valence-corrected chi connectivity index (χ3v) is 5.47. The monoisotopic (exact) mass is 401 g/mol. The zero-order chi connectivity index (χ0) is 20.7. The highest BCUT2D eigenvalue weighted by atomic mass is 19.1. The summed E-state index contributed by atoms with van der Waals surface area (Å²) in [7, 11) is 3.28. The summed E-state index contributed by atoms with van der Waals surface area (Å²) in [5.74, 6) is 1.51. The number of hydrogen-bond donors (Lipinski definition) is 2. The minimum absolute atomic E-state index is 0.0309. The van der Waals surface area contributed by atoms with Gasteiger partial charge in [-0.1, -0.05) is 0 Å². The summed E-state index contributed by atoms with van der Waals surface area (Å²) in [4.78, 5) is 22.9. The molecule has 1 fully saturated rings. The number of anilines is 3. The van der Waals surface area contributed by atoms with Gasteiger partial charge in [0.15, 0.2) is 17.4 Å². The Morgan fingerprint density at radius 2 is 2.07 bits per heavy atom. The number of carbonyl (C=O) groups excluding carboxylic acids is 1. The molecule has 2 N–H and O–H groups in total. The van der Waals surface area contributed by atoms with Crippen LogP contribution < -0.4 is 25.0 Å². The van der Waals surface area contributed by atoms with Gasteiger partial charge in [-0.25, -0.2) is 9.37 Å². The lowest BCUT2D eigenvalue weighted by Gasteiger charge is -2.37. The van der Waals surface area contributed by atoms with Crippen LogP contribution in [0.1, 0.15) is 25.5 Å². The molecule has 1 saturated carbocycles. The number of likely N-dealkylation sites (N-methyl/N-ethyl adjacent to an activating group) is 1. The second-order valence-electron chi connectivity index (χ2n) is 7.46. The second kappa shape index (κ2) is 7.38. The quantitative estimate of drug-likeness (QED) is 0.796. The van der Waals surface area contributed by atoms with Gasteiger partial charge in [0.05, 0.1) is 12.8 Å². The van der Waals surface area contributed by atoms with Crippen LogP contribution in [0.5, 0.6) is 11.5 Å². The van der Waals surface area contributed by atoms with Gasteiger partial charge >= 0.3 is 0 Å². The Morgan fingerprint density at radius 1 is 1.31 bits per heavy atom. The highest BCUT2D eigenvalue weighted by Gasteiger charge is 2.33. The largest absolute Gasteiger partial charge is 0.494 e. The summed E-state index contributed by atoms with van der Waals surface area (Å²) in [6.07, 6.45) is 1.59. The Balaban J connectivity index is 1.38. The fraction of sp³-hybridized carbons (Fsp3) is 0.450. The molecule has 1 aliphatic heterocycles. The molecular formula is C20H24FN5O3. The number of methoxy groups -OCH3 is 1. The first-order valence-corrected chi connectivity index (χ1v) is 9.54. The van der Waals surface area contributed by atoms with Gasteiger partial charge in [0.25, 0.3) is 0 Å². The van der Waals surface area contributed by atoms with Crippen LogP contribution in [0.3, 0.4) is 0 Å². The molecule has 1 aliphatic carbocycles. The van der Waals surface area contributed by atoms with E-state index in [9.17, 15) is 9.18 Å². The van der Waals surface area contributed by atoms with E-state index in [1.165, 1.54) is 13.2 Å². The number of aryl methyl sites for hydroxylation is 1. The molecule has 8 nitrogen and oxygen atoms in total. The van der Waals surface area contributed by atoms with Crippen LogP contribution >= 0.6 is 0 Å². The topological polar surface area (TPSA) is 88.6 Å². The Hall–Kier alpha value is -3.10. The molecule has 2 aliphatic rings. The van der Waals surface area contributed by atoms with Crippen LogP contribution in [0.25, 0.3) is 0 Å². The molecule has 4 rings (SSSR count). The van der Waals surface area contributed by atoms with E-state index in [0.29, 0.717) is 23.2 Å². The molecule has 9 heteroatoms. The van der Waals surface area contributed by atoms with Gasteiger partial charge in [-0.3, -0.25) is 4.79 Å². The molecule has 2 aromatic rings. The van der Waals surface area contributed by atoms with E-state index in [2.05, 4.69) is 20.6 Å². The maximum atomic E-state index is 13.5. The predicted molar refractivity (Wildman–Crippen MR) is 107 cm³/mol. The third-order valence-electron chi connectivity index (χ3n) is 5.47. The number of aromatic nitrogens is 2. The van der Waals surface area contributed by atoms with Gasteiger partial charge in [0.1, 0.15) is 23.6 Å². The number of nitrogens with zero attached hydrogens (tertiary/aromatic N) is 3. The Morgan fingerprint density at radius 3 is 2.79 bits per heavy atom. The number of benzene rings is 1. The lowest BCUT2D eigenvalue weighted by Crippen LogP contribution is -2.45. The molecule has 1 atom stereocenters. The average molecular weight is 401 g/mol. The number of carbonyl (C=O) groups is 1. The molecule has 2 heterocycles. The highest BCUT2D eigenvalue weighted by molar-refractivity contribution is 6.03. The smallest absolute Gasteiger partial charge is 0.246 e. The standard InChI is InChI=1S/C20H24FN5O3/c1-10-17-18(26(3)11(2)19(27)24-17)25-20(22-10)23-12-7-14(8-12)29-13-5-6-15(21)16(9-13)28-4/h5-6,9,11-12,14H,7-8H2,1-4H3,(H,24,27)(H,22,23,25)/t11-,12-,14-/m0/s1. The van der Waals surface area contributed by atoms with Gasteiger partial charge in [0, 0.05) is 32.0 Å². The first-order valence-electron chi connectivity index (χ1n) is 9.54. The summed E-state index contributed by atoms with van der Waals surface area (Å²) < 4.78 is 24.4. The van der Waals surface area contributed by atoms with E-state index in [-0.39, 0.29) is 29.8 Å². The van der Waals surface area contributed by atoms with E-state index in [1.54, 1.807) is 12.1 Å². The number of hydrogen-bond acceptors (Lipinski definition) is 7. The number of amides is 1. The molecule has 154 valence electrons. The minimum atomic E-state index is -0.414. The average Bonchev–Trinajstić information content (AvgIpc) is 2.67. The molecule has 29 heavy (non-hydrogen) atoms. The van der Waals surface area contributed by atoms with Crippen LogP contribution in [0, 0.1) is 12.7 Å². The van der Waals surface area contributed by atoms with Crippen LogP contribution in [-0.2, 0) is 4.79 Å². The molecule has 1 amide bonds. The Bertz CT molecular complexity index is 948. The van der Waals surface area contributed by atoms with E-state index in [4.69, 9.17) is 9.47 Å². The van der Waals surface area contributed by atoms with Crippen molar-refractivity contribution < 1.29 is 18.7 Å². The second-order valence-corrected chi connectivity index (χ2v) is 7.46. The van der Waals surface area contributed by atoms with Crippen molar-refractivity contribution in [2.45, 2.75) is 44.9 Å². The van der Waals surface area contributed by atoms with Crippen molar-refractivity contribution in [3.63, 3.8) is 0 Å². The van der Waals surface area contributed by atoms with Crippen molar-refractivity contribution >= 4 is 23.4 Å². The lowest BCUT2D eigenvalue weighted by molar-refractivity contribution is -0.117. The molecule has 0 bridgehead atoms. The van der Waals surface area contributed by atoms with Crippen molar-refractivity contribution in [2.75, 3.05) is 29.7 Å². The van der Waals surface area contributed by atoms with Gasteiger partial charge < -0.3 is 25.0 Å². The highest BCUT2D eigenvalue weighted by Crippen LogP contribution is 2.34. The lowest BCUT2D eigenvalue weighted by atomic mass is 9.89. The normalized spacial score (nSPS) is 23.0. The fourth-order valence-electron chi connectivity index (χ4n) is 3.48. The summed E-state index contributed by atoms with van der Waals surface area (Å²) in [5.41, 5.74) is 1.37. The molecule has 1 aromatic heterocycles. The Kier molecular flexibility index (Phi) is 4.89. The van der Waals surface area contributed by atoms with E-state index in [1.807, 2.05) is 25.8 Å². The van der Waals surface area contributed by atoms with Crippen LogP contribution in [0.2, 0.25) is 0 Å².